The Morgan fingerprint density at radius 3 is 1.51 bits per heavy atom. The summed E-state index contributed by atoms with van der Waals surface area (Å²) in [5.41, 5.74) is 10.2. The Morgan fingerprint density at radius 1 is 0.743 bits per heavy atom. The van der Waals surface area contributed by atoms with E-state index in [-0.39, 0.29) is 21.0 Å². The van der Waals surface area contributed by atoms with Crippen LogP contribution in [-0.2, 0) is 0 Å². The molecule has 0 amide bonds. The van der Waals surface area contributed by atoms with Crippen molar-refractivity contribution in [2.45, 2.75) is 78.3 Å². The molecule has 0 saturated carbocycles. The van der Waals surface area contributed by atoms with Gasteiger partial charge in [0.05, 0.1) is 5.44 Å². The smallest absolute Gasteiger partial charge is 0.201 e. The van der Waals surface area contributed by atoms with Gasteiger partial charge in [0.1, 0.15) is 5.02 Å². The van der Waals surface area contributed by atoms with Crippen molar-refractivity contribution in [2.75, 3.05) is 0 Å². The van der Waals surface area contributed by atoms with E-state index >= 15 is 0 Å². The average molecular weight is 533 g/mol. The second-order valence-corrected chi connectivity index (χ2v) is 17.4. The van der Waals surface area contributed by atoms with E-state index in [1.54, 1.807) is 0 Å². The molecule has 0 spiro atoms. The van der Waals surface area contributed by atoms with Crippen LogP contribution >= 0.6 is 27.4 Å². The number of rotatable bonds is 3. The molecular weight excluding hydrogens is 500 g/mol. The maximum Gasteiger partial charge on any atom is 0.311 e. The first-order valence-corrected chi connectivity index (χ1v) is 15.2. The van der Waals surface area contributed by atoms with E-state index in [1.165, 1.54) is 44.5 Å². The Bertz CT molecular complexity index is 1210. The van der Waals surface area contributed by atoms with E-state index in [9.17, 15) is 8.78 Å². The second-order valence-electron chi connectivity index (χ2n) is 10.8. The Labute approximate surface area is 215 Å². The van der Waals surface area contributed by atoms with Crippen LogP contribution in [0.1, 0.15) is 76.1 Å². The highest BCUT2D eigenvalue weighted by Crippen LogP contribution is 2.96. The molecule has 0 aliphatic carbocycles. The number of halogens is 3. The summed E-state index contributed by atoms with van der Waals surface area (Å²) in [6.45, 7) is 19.7. The predicted molar refractivity (Wildman–Crippen MR) is 147 cm³/mol. The minimum absolute atomic E-state index is 0.00757. The lowest BCUT2D eigenvalue weighted by Crippen LogP contribution is -2.34. The molecule has 1 fully saturated rings. The fraction of sp³-hybridized carbons (Fsp3) is 0.429. The highest BCUT2D eigenvalue weighted by Gasteiger charge is 2.58. The number of nitrogens with zero attached hydrogens (tertiary/aromatic N) is 2. The molecule has 0 bridgehead atoms. The second kappa shape index (κ2) is 9.44. The Morgan fingerprint density at radius 2 is 1.14 bits per heavy atom. The van der Waals surface area contributed by atoms with E-state index in [0.717, 1.165) is 0 Å². The van der Waals surface area contributed by atoms with E-state index in [0.29, 0.717) is 5.44 Å². The van der Waals surface area contributed by atoms with Crippen molar-refractivity contribution in [1.82, 2.24) is 9.97 Å². The first-order chi connectivity index (χ1) is 16.2. The third-order valence-corrected chi connectivity index (χ3v) is 15.8. The summed E-state index contributed by atoms with van der Waals surface area (Å²) >= 11 is 6.51. The molecule has 2 nitrogen and oxygen atoms in total. The molecule has 7 heteroatoms. The highest BCUT2D eigenvalue weighted by atomic mass is 35.5. The lowest BCUT2D eigenvalue weighted by atomic mass is 10.0. The fourth-order valence-electron chi connectivity index (χ4n) is 5.74. The minimum Gasteiger partial charge on any atom is -0.201 e. The van der Waals surface area contributed by atoms with Crippen LogP contribution in [0.4, 0.5) is 8.78 Å². The van der Waals surface area contributed by atoms with Crippen molar-refractivity contribution >= 4 is 32.9 Å². The molecule has 0 N–H and O–H groups in total. The van der Waals surface area contributed by atoms with Crippen LogP contribution in [-0.4, -0.2) is 15.1 Å². The van der Waals surface area contributed by atoms with Crippen LogP contribution in [0.15, 0.2) is 24.3 Å². The van der Waals surface area contributed by atoms with Gasteiger partial charge in [0.15, 0.2) is 0 Å². The molecule has 35 heavy (non-hydrogen) atoms. The van der Waals surface area contributed by atoms with Gasteiger partial charge in [0.25, 0.3) is 0 Å². The largest absolute Gasteiger partial charge is 0.311 e. The van der Waals surface area contributed by atoms with Crippen LogP contribution in [0.25, 0.3) is 0 Å². The van der Waals surface area contributed by atoms with Gasteiger partial charge in [-0.25, -0.2) is 4.98 Å². The van der Waals surface area contributed by atoms with Crippen molar-refractivity contribution in [3.63, 3.8) is 0 Å². The van der Waals surface area contributed by atoms with E-state index in [1.807, 2.05) is 0 Å². The van der Waals surface area contributed by atoms with Gasteiger partial charge in [0, 0.05) is 10.8 Å². The number of benzene rings is 2. The van der Waals surface area contributed by atoms with Crippen LogP contribution in [0.2, 0.25) is 5.02 Å². The molecule has 1 aromatic heterocycles. The van der Waals surface area contributed by atoms with E-state index in [2.05, 4.69) is 96.5 Å². The normalized spacial score (nSPS) is 22.3. The molecule has 4 rings (SSSR count). The fourth-order valence-corrected chi connectivity index (χ4v) is 17.3. The number of aryl methyl sites for hydroxylation is 6. The maximum absolute atomic E-state index is 14.7. The number of aromatic nitrogens is 2. The van der Waals surface area contributed by atoms with Crippen molar-refractivity contribution in [1.29, 1.82) is 0 Å². The molecule has 1 saturated heterocycles. The number of hydrogen-bond donors (Lipinski definition) is 0. The maximum atomic E-state index is 14.7. The Kier molecular flexibility index (Phi) is 7.17. The molecule has 186 valence electrons. The van der Waals surface area contributed by atoms with Gasteiger partial charge in [-0.1, -0.05) is 75.7 Å². The SMILES string of the molecule is Cc1cc(C)c(C2P(c3nc(F)nc(F)c3Cl)C(c3c(C)cc(C)cc3C)P2C(C)(C)C)c(C)c1. The van der Waals surface area contributed by atoms with Gasteiger partial charge in [-0.2, -0.15) is 13.8 Å². The summed E-state index contributed by atoms with van der Waals surface area (Å²) in [4.78, 5) is 7.44. The Hall–Kier alpha value is -1.47. The molecule has 2 unspecified atom stereocenters. The monoisotopic (exact) mass is 532 g/mol. The molecule has 1 aliphatic heterocycles. The molecular formula is C28H33ClF2N2P2. The molecule has 1 aliphatic rings. The summed E-state index contributed by atoms with van der Waals surface area (Å²) in [6.07, 6.45) is -1.05. The number of hydrogen-bond acceptors (Lipinski definition) is 2. The standard InChI is InChI=1S/C28H33ClF2N2P2/c1-14-10-16(3)20(17(4)11-14)25-34(24-22(29)23(30)32-27(31)33-24)26(35(25)28(7,8)9)21-18(5)12-15(2)13-19(21)6/h10-13,25-26H,1-9H3. The van der Waals surface area contributed by atoms with Gasteiger partial charge in [-0.05, 0) is 88.0 Å². The highest BCUT2D eigenvalue weighted by molar-refractivity contribution is 7.95. The zero-order valence-electron chi connectivity index (χ0n) is 21.9. The van der Waals surface area contributed by atoms with Crippen molar-refractivity contribution in [2.24, 2.45) is 0 Å². The average Bonchev–Trinajstić information content (AvgIpc) is 2.67. The Balaban J connectivity index is 2.06. The van der Waals surface area contributed by atoms with Crippen LogP contribution in [0, 0.1) is 53.6 Å². The molecule has 0 radical (unpaired) electrons. The van der Waals surface area contributed by atoms with E-state index in [4.69, 9.17) is 11.6 Å². The van der Waals surface area contributed by atoms with Gasteiger partial charge >= 0.3 is 6.08 Å². The van der Waals surface area contributed by atoms with Crippen molar-refractivity contribution in [3.8, 4) is 0 Å². The summed E-state index contributed by atoms with van der Waals surface area (Å²) < 4.78 is 29.1. The quantitative estimate of drug-likeness (QED) is 0.191. The summed E-state index contributed by atoms with van der Waals surface area (Å²) in [5, 5.41) is 0.142. The lowest BCUT2D eigenvalue weighted by molar-refractivity contribution is 0.486. The molecule has 2 aromatic carbocycles. The van der Waals surface area contributed by atoms with E-state index < -0.39 is 27.9 Å². The third kappa shape index (κ3) is 4.68. The van der Waals surface area contributed by atoms with Crippen LogP contribution < -0.4 is 5.44 Å². The summed E-state index contributed by atoms with van der Waals surface area (Å²) in [5.74, 6) is -0.976. The first kappa shape index (κ1) is 26.6. The topological polar surface area (TPSA) is 25.8 Å². The first-order valence-electron chi connectivity index (χ1n) is 11.8. The van der Waals surface area contributed by atoms with Crippen LogP contribution in [0.3, 0.4) is 0 Å². The van der Waals surface area contributed by atoms with Gasteiger partial charge in [-0.15, -0.1) is 0 Å². The van der Waals surface area contributed by atoms with Crippen molar-refractivity contribution < 1.29 is 8.78 Å². The summed E-state index contributed by atoms with van der Waals surface area (Å²) in [7, 11) is -1.78. The summed E-state index contributed by atoms with van der Waals surface area (Å²) in [6, 6.07) is 8.85. The zero-order chi connectivity index (χ0) is 26.0. The van der Waals surface area contributed by atoms with Crippen LogP contribution in [0.5, 0.6) is 0 Å². The predicted octanol–water partition coefficient (Wildman–Crippen LogP) is 9.06. The van der Waals surface area contributed by atoms with Gasteiger partial charge < -0.3 is 0 Å². The zero-order valence-corrected chi connectivity index (χ0v) is 24.4. The molecule has 2 heterocycles. The third-order valence-electron chi connectivity index (χ3n) is 6.83. The molecule has 2 atom stereocenters. The van der Waals surface area contributed by atoms with Crippen molar-refractivity contribution in [3.05, 3.63) is 85.8 Å². The molecule has 3 aromatic rings. The minimum atomic E-state index is -1.15. The van der Waals surface area contributed by atoms with Gasteiger partial charge in [0.2, 0.25) is 5.95 Å². The lowest BCUT2D eigenvalue weighted by Gasteiger charge is -2.59. The van der Waals surface area contributed by atoms with Gasteiger partial charge in [-0.3, -0.25) is 0 Å².